The second kappa shape index (κ2) is 9.71. The summed E-state index contributed by atoms with van der Waals surface area (Å²) in [6.45, 7) is 2.01. The number of carbonyl (C=O) groups excluding carboxylic acids is 2. The Hall–Kier alpha value is -3.38. The molecule has 0 radical (unpaired) electrons. The maximum Gasteiger partial charge on any atom is 0.341 e. The molecule has 3 rings (SSSR count). The molecule has 5 nitrogen and oxygen atoms in total. The molecule has 0 saturated heterocycles. The van der Waals surface area contributed by atoms with Crippen LogP contribution in [0.15, 0.2) is 66.7 Å². The average molecular weight is 407 g/mol. The predicted octanol–water partition coefficient (Wildman–Crippen LogP) is 5.25. The van der Waals surface area contributed by atoms with Gasteiger partial charge >= 0.3 is 5.97 Å². The van der Waals surface area contributed by atoms with E-state index in [0.29, 0.717) is 16.3 Å². The lowest BCUT2D eigenvalue weighted by Gasteiger charge is -2.04. The van der Waals surface area contributed by atoms with Crippen LogP contribution in [0.3, 0.4) is 0 Å². The molecule has 1 heterocycles. The molecule has 0 aliphatic heterocycles. The minimum absolute atomic E-state index is 0.262. The monoisotopic (exact) mass is 407 g/mol. The van der Waals surface area contributed by atoms with Crippen LogP contribution in [0.25, 0.3) is 16.5 Å². The van der Waals surface area contributed by atoms with Gasteiger partial charge in [0, 0.05) is 11.0 Å². The molecule has 6 heteroatoms. The van der Waals surface area contributed by atoms with Crippen molar-refractivity contribution < 1.29 is 19.1 Å². The number of thiophene rings is 1. The van der Waals surface area contributed by atoms with Crippen LogP contribution in [0.4, 0.5) is 5.00 Å². The third-order valence-electron chi connectivity index (χ3n) is 4.04. The molecule has 0 atom stereocenters. The maximum absolute atomic E-state index is 12.4. The third kappa shape index (κ3) is 5.33. The van der Waals surface area contributed by atoms with Crippen LogP contribution in [0, 0.1) is 0 Å². The summed E-state index contributed by atoms with van der Waals surface area (Å²) in [6.07, 6.45) is 3.11. The second-order valence-electron chi connectivity index (χ2n) is 6.04. The van der Waals surface area contributed by atoms with Gasteiger partial charge in [0.25, 0.3) is 0 Å². The first-order chi connectivity index (χ1) is 14.1. The van der Waals surface area contributed by atoms with Gasteiger partial charge in [0.15, 0.2) is 0 Å². The van der Waals surface area contributed by atoms with E-state index >= 15 is 0 Å². The Morgan fingerprint density at radius 1 is 1.07 bits per heavy atom. The highest BCUT2D eigenvalue weighted by Crippen LogP contribution is 2.36. The number of carbonyl (C=O) groups is 2. The van der Waals surface area contributed by atoms with Crippen LogP contribution >= 0.6 is 11.3 Å². The zero-order chi connectivity index (χ0) is 20.6. The summed E-state index contributed by atoms with van der Waals surface area (Å²) in [5, 5.41) is 3.26. The molecule has 0 aliphatic carbocycles. The lowest BCUT2D eigenvalue weighted by molar-refractivity contribution is -0.111. The first-order valence-electron chi connectivity index (χ1n) is 9.10. The van der Waals surface area contributed by atoms with Crippen molar-refractivity contribution in [3.05, 3.63) is 77.9 Å². The number of esters is 1. The largest absolute Gasteiger partial charge is 0.497 e. The topological polar surface area (TPSA) is 64.6 Å². The van der Waals surface area contributed by atoms with Crippen LogP contribution in [-0.2, 0) is 9.53 Å². The molecule has 1 N–H and O–H groups in total. The Kier molecular flexibility index (Phi) is 6.81. The molecule has 0 fully saturated rings. The second-order valence-corrected chi connectivity index (χ2v) is 7.09. The van der Waals surface area contributed by atoms with Gasteiger partial charge in [-0.1, -0.05) is 42.5 Å². The number of ether oxygens (including phenoxy) is 2. The average Bonchev–Trinajstić information content (AvgIpc) is 3.17. The summed E-state index contributed by atoms with van der Waals surface area (Å²) in [4.78, 5) is 25.7. The summed E-state index contributed by atoms with van der Waals surface area (Å²) in [7, 11) is 1.59. The molecular formula is C23H21NO4S. The number of amides is 1. The number of hydrogen-bond donors (Lipinski definition) is 1. The Morgan fingerprint density at radius 3 is 2.59 bits per heavy atom. The first-order valence-corrected chi connectivity index (χ1v) is 9.92. The number of rotatable bonds is 7. The van der Waals surface area contributed by atoms with E-state index in [1.165, 1.54) is 17.4 Å². The number of anilines is 1. The van der Waals surface area contributed by atoms with E-state index in [-0.39, 0.29) is 12.5 Å². The van der Waals surface area contributed by atoms with E-state index in [1.54, 1.807) is 26.2 Å². The quantitative estimate of drug-likeness (QED) is 0.429. The van der Waals surface area contributed by atoms with Gasteiger partial charge in [0.05, 0.1) is 19.3 Å². The van der Waals surface area contributed by atoms with Crippen LogP contribution in [-0.4, -0.2) is 25.6 Å². The van der Waals surface area contributed by atoms with Crippen molar-refractivity contribution in [3.63, 3.8) is 0 Å². The van der Waals surface area contributed by atoms with Crippen molar-refractivity contribution in [2.45, 2.75) is 6.92 Å². The summed E-state index contributed by atoms with van der Waals surface area (Å²) < 4.78 is 10.3. The van der Waals surface area contributed by atoms with Crippen LogP contribution in [0.5, 0.6) is 5.75 Å². The third-order valence-corrected chi connectivity index (χ3v) is 5.14. The molecule has 3 aromatic rings. The summed E-state index contributed by atoms with van der Waals surface area (Å²) in [5.74, 6) is -0.0826. The van der Waals surface area contributed by atoms with Gasteiger partial charge < -0.3 is 14.8 Å². The molecule has 29 heavy (non-hydrogen) atoms. The first kappa shape index (κ1) is 20.4. The van der Waals surface area contributed by atoms with E-state index < -0.39 is 5.97 Å². The summed E-state index contributed by atoms with van der Waals surface area (Å²) in [5.41, 5.74) is 2.15. The minimum Gasteiger partial charge on any atom is -0.497 e. The highest BCUT2D eigenvalue weighted by atomic mass is 32.1. The lowest BCUT2D eigenvalue weighted by atomic mass is 10.1. The Bertz CT molecular complexity index is 1020. The Morgan fingerprint density at radius 2 is 1.86 bits per heavy atom. The van der Waals surface area contributed by atoms with Gasteiger partial charge in [-0.15, -0.1) is 11.3 Å². The number of nitrogens with one attached hydrogen (secondary N) is 1. The number of methoxy groups -OCH3 is 1. The SMILES string of the molecule is CCOC(=O)c1cc(-c2ccccc2)sc1NC(=O)/C=C/c1cccc(OC)c1. The van der Waals surface area contributed by atoms with Crippen molar-refractivity contribution >= 4 is 34.3 Å². The predicted molar refractivity (Wildman–Crippen MR) is 116 cm³/mol. The molecule has 1 amide bonds. The van der Waals surface area contributed by atoms with Gasteiger partial charge in [-0.25, -0.2) is 4.79 Å². The number of hydrogen-bond acceptors (Lipinski definition) is 5. The van der Waals surface area contributed by atoms with Crippen molar-refractivity contribution in [2.24, 2.45) is 0 Å². The van der Waals surface area contributed by atoms with Gasteiger partial charge in [-0.2, -0.15) is 0 Å². The molecule has 2 aromatic carbocycles. The normalized spacial score (nSPS) is 10.7. The van der Waals surface area contributed by atoms with Gasteiger partial charge in [-0.3, -0.25) is 4.79 Å². The molecular weight excluding hydrogens is 386 g/mol. The van der Waals surface area contributed by atoms with Crippen molar-refractivity contribution in [2.75, 3.05) is 19.0 Å². The highest BCUT2D eigenvalue weighted by Gasteiger charge is 2.19. The molecule has 0 unspecified atom stereocenters. The minimum atomic E-state index is -0.460. The van der Waals surface area contributed by atoms with Gasteiger partial charge in [0.1, 0.15) is 10.8 Å². The fourth-order valence-corrected chi connectivity index (χ4v) is 3.71. The molecule has 0 saturated carbocycles. The van der Waals surface area contributed by atoms with E-state index in [4.69, 9.17) is 9.47 Å². The zero-order valence-corrected chi connectivity index (χ0v) is 17.0. The smallest absolute Gasteiger partial charge is 0.341 e. The summed E-state index contributed by atoms with van der Waals surface area (Å²) in [6, 6.07) is 18.8. The van der Waals surface area contributed by atoms with Crippen molar-refractivity contribution in [3.8, 4) is 16.2 Å². The van der Waals surface area contributed by atoms with E-state index in [9.17, 15) is 9.59 Å². The Balaban J connectivity index is 1.82. The van der Waals surface area contributed by atoms with Gasteiger partial charge in [-0.05, 0) is 42.3 Å². The van der Waals surface area contributed by atoms with E-state index in [2.05, 4.69) is 5.32 Å². The Labute approximate surface area is 173 Å². The van der Waals surface area contributed by atoms with Crippen LogP contribution in [0.2, 0.25) is 0 Å². The molecule has 0 bridgehead atoms. The lowest BCUT2D eigenvalue weighted by Crippen LogP contribution is -2.11. The fraction of sp³-hybridized carbons (Fsp3) is 0.130. The molecule has 1 aromatic heterocycles. The zero-order valence-electron chi connectivity index (χ0n) is 16.2. The van der Waals surface area contributed by atoms with Crippen LogP contribution < -0.4 is 10.1 Å². The molecule has 0 spiro atoms. The fourth-order valence-electron chi connectivity index (χ4n) is 2.66. The number of benzene rings is 2. The highest BCUT2D eigenvalue weighted by molar-refractivity contribution is 7.20. The maximum atomic E-state index is 12.4. The van der Waals surface area contributed by atoms with Crippen molar-refractivity contribution in [1.29, 1.82) is 0 Å². The van der Waals surface area contributed by atoms with E-state index in [1.807, 2.05) is 54.6 Å². The van der Waals surface area contributed by atoms with Gasteiger partial charge in [0.2, 0.25) is 5.91 Å². The van der Waals surface area contributed by atoms with Crippen LogP contribution in [0.1, 0.15) is 22.8 Å². The molecule has 148 valence electrons. The standard InChI is InChI=1S/C23H21NO4S/c1-3-28-23(26)19-15-20(17-9-5-4-6-10-17)29-22(19)24-21(25)13-12-16-8-7-11-18(14-16)27-2/h4-15H,3H2,1-2H3,(H,24,25)/b13-12+. The van der Waals surface area contributed by atoms with Crippen molar-refractivity contribution in [1.82, 2.24) is 0 Å². The molecule has 0 aliphatic rings. The van der Waals surface area contributed by atoms with E-state index in [0.717, 1.165) is 16.0 Å². The summed E-state index contributed by atoms with van der Waals surface area (Å²) >= 11 is 1.34.